The van der Waals surface area contributed by atoms with Crippen molar-refractivity contribution in [3.8, 4) is 17.6 Å². The Kier molecular flexibility index (Phi) is 8.80. The summed E-state index contributed by atoms with van der Waals surface area (Å²) in [6.07, 6.45) is -3.71. The number of nitrogen functional groups attached to an aromatic ring is 1. The van der Waals surface area contributed by atoms with E-state index in [0.717, 1.165) is 0 Å². The average molecular weight is 593 g/mol. The van der Waals surface area contributed by atoms with Crippen molar-refractivity contribution < 1.29 is 48.2 Å². The van der Waals surface area contributed by atoms with E-state index in [2.05, 4.69) is 19.8 Å². The molecule has 0 aliphatic carbocycles. The van der Waals surface area contributed by atoms with Crippen molar-refractivity contribution in [2.75, 3.05) is 12.3 Å². The normalized spacial score (nSPS) is 24.5. The van der Waals surface area contributed by atoms with Crippen molar-refractivity contribution in [3.05, 3.63) is 48.4 Å². The molecule has 1 aliphatic heterocycles. The number of nitrogens with one attached hydrogen (secondary N) is 1. The second-order valence-corrected chi connectivity index (χ2v) is 10.8. The van der Waals surface area contributed by atoms with Crippen LogP contribution in [0.25, 0.3) is 5.52 Å². The number of para-hydroxylation sites is 2. The van der Waals surface area contributed by atoms with Gasteiger partial charge in [0, 0.05) is 0 Å². The second-order valence-electron chi connectivity index (χ2n) is 9.37. The minimum Gasteiger partial charge on any atom is -0.487 e. The van der Waals surface area contributed by atoms with Gasteiger partial charge < -0.3 is 39.9 Å². The molecule has 220 valence electrons. The van der Waals surface area contributed by atoms with Crippen molar-refractivity contribution in [3.63, 3.8) is 0 Å². The fourth-order valence-corrected chi connectivity index (χ4v) is 4.92. The number of benzene rings is 1. The minimum atomic E-state index is -4.65. The lowest BCUT2D eigenvalue weighted by Crippen LogP contribution is -2.41. The number of fused-ring (bicyclic) bond motifs is 1. The van der Waals surface area contributed by atoms with Gasteiger partial charge >= 0.3 is 13.7 Å². The molecular formula is C24H29N6O10P. The fourth-order valence-electron chi connectivity index (χ4n) is 4.10. The Morgan fingerprint density at radius 3 is 2.66 bits per heavy atom. The van der Waals surface area contributed by atoms with Gasteiger partial charge in [0.25, 0.3) is 0 Å². The molecular weight excluding hydrogens is 563 g/mol. The third-order valence-corrected chi connectivity index (χ3v) is 7.02. The number of hydrogen-bond acceptors (Lipinski definition) is 13. The van der Waals surface area contributed by atoms with Crippen LogP contribution in [0.3, 0.4) is 0 Å². The predicted molar refractivity (Wildman–Crippen MR) is 139 cm³/mol. The molecule has 3 aromatic rings. The zero-order chi connectivity index (χ0) is 29.9. The molecule has 0 bridgehead atoms. The number of aliphatic hydroxyl groups is 2. The Labute approximate surface area is 233 Å². The molecule has 1 saturated heterocycles. The highest BCUT2D eigenvalue weighted by atomic mass is 31.2. The van der Waals surface area contributed by atoms with E-state index in [-0.39, 0.29) is 29.6 Å². The molecule has 1 aromatic carbocycles. The maximum atomic E-state index is 12.4. The van der Waals surface area contributed by atoms with Gasteiger partial charge in [-0.15, -0.1) is 0 Å². The number of aliphatic hydroxyl groups excluding tert-OH is 2. The van der Waals surface area contributed by atoms with Crippen molar-refractivity contribution >= 4 is 25.1 Å². The molecule has 1 fully saturated rings. The molecule has 0 spiro atoms. The number of nitrogens with two attached hydrogens (primary N) is 1. The smallest absolute Gasteiger partial charge is 0.440 e. The molecule has 1 aliphatic rings. The molecule has 0 amide bonds. The summed E-state index contributed by atoms with van der Waals surface area (Å²) in [4.78, 5) is 30.9. The van der Waals surface area contributed by atoms with Crippen LogP contribution in [-0.4, -0.2) is 72.7 Å². The first-order valence-corrected chi connectivity index (χ1v) is 13.9. The number of ether oxygens (including phenoxy) is 3. The molecule has 3 heterocycles. The highest BCUT2D eigenvalue weighted by Gasteiger charge is 2.57. The third kappa shape index (κ3) is 6.26. The van der Waals surface area contributed by atoms with Gasteiger partial charge in [-0.25, -0.2) is 19.2 Å². The Bertz CT molecular complexity index is 1500. The van der Waals surface area contributed by atoms with Crippen molar-refractivity contribution in [2.24, 2.45) is 0 Å². The van der Waals surface area contributed by atoms with E-state index < -0.39 is 49.8 Å². The highest BCUT2D eigenvalue weighted by molar-refractivity contribution is 7.50. The molecule has 0 unspecified atom stereocenters. The summed E-state index contributed by atoms with van der Waals surface area (Å²) in [5, 5.41) is 37.8. The van der Waals surface area contributed by atoms with E-state index in [1.54, 1.807) is 26.0 Å². The highest BCUT2D eigenvalue weighted by Crippen LogP contribution is 2.42. The van der Waals surface area contributed by atoms with E-state index in [4.69, 9.17) is 24.8 Å². The lowest BCUT2D eigenvalue weighted by molar-refractivity contribution is -0.149. The summed E-state index contributed by atoms with van der Waals surface area (Å²) in [5.74, 6) is -0.756. The van der Waals surface area contributed by atoms with Crippen LogP contribution >= 0.6 is 7.75 Å². The number of hydrogen-bond donors (Lipinski definition) is 5. The van der Waals surface area contributed by atoms with E-state index in [9.17, 15) is 29.7 Å². The molecule has 41 heavy (non-hydrogen) atoms. The Morgan fingerprint density at radius 1 is 1.27 bits per heavy atom. The Hall–Kier alpha value is -3.81. The van der Waals surface area contributed by atoms with Crippen LogP contribution in [-0.2, 0) is 29.1 Å². The van der Waals surface area contributed by atoms with Gasteiger partial charge in [-0.2, -0.15) is 10.4 Å². The molecule has 6 N–H and O–H groups in total. The average Bonchev–Trinajstić information content (AvgIpc) is 3.47. The number of nitriles is 1. The first-order valence-electron chi connectivity index (χ1n) is 12.3. The van der Waals surface area contributed by atoms with Crippen LogP contribution in [0.15, 0.2) is 42.7 Å². The first kappa shape index (κ1) is 30.2. The van der Waals surface area contributed by atoms with Gasteiger partial charge in [0.2, 0.25) is 11.4 Å². The topological polar surface area (TPSA) is 233 Å². The summed E-state index contributed by atoms with van der Waals surface area (Å²) < 4.78 is 34.9. The van der Waals surface area contributed by atoms with Crippen LogP contribution in [0.2, 0.25) is 0 Å². The zero-order valence-corrected chi connectivity index (χ0v) is 23.0. The molecule has 4 rings (SSSR count). The van der Waals surface area contributed by atoms with Gasteiger partial charge in [0.05, 0.1) is 11.8 Å². The van der Waals surface area contributed by atoms with Gasteiger partial charge in [-0.05, 0) is 45.0 Å². The Morgan fingerprint density at radius 2 is 1.98 bits per heavy atom. The third-order valence-electron chi connectivity index (χ3n) is 6.03. The fraction of sp³-hybridized carbons (Fsp3) is 0.417. The second kappa shape index (κ2) is 12.0. The standard InChI is InChI=1S/C24H29N6O10P/c1-13(2)37-23(33)14(3)29-41(34,35)40-39-17-7-5-4-6-16(17)36-10-18-20(31)21(32)24(11-25,38-18)19-9-8-15-22(26)27-12-28-30(15)19/h4-9,12-14,18,20-21,31-32H,10H2,1-3H3,(H2,26,27,28)(H2,29,34,35)/t14-,18+,20+,21+,24-/m0/s1. The molecule has 0 radical (unpaired) electrons. The maximum Gasteiger partial charge on any atom is 0.440 e. The van der Waals surface area contributed by atoms with Crippen LogP contribution in [0.4, 0.5) is 5.82 Å². The molecule has 16 nitrogen and oxygen atoms in total. The molecule has 2 aromatic heterocycles. The zero-order valence-electron chi connectivity index (χ0n) is 22.1. The quantitative estimate of drug-likeness (QED) is 0.0886. The largest absolute Gasteiger partial charge is 0.487 e. The van der Waals surface area contributed by atoms with Gasteiger partial charge in [0.15, 0.2) is 11.6 Å². The number of aromatic nitrogens is 3. The number of rotatable bonds is 11. The molecule has 0 saturated carbocycles. The number of carbonyl (C=O) groups is 1. The SMILES string of the molecule is CC(C)OC(=O)[C@H](C)N[P@@](=O)(O)OOc1ccccc1OC[C@H]1O[C@@](C#N)(c2ccc3c(N)ncnn23)[C@H](O)[C@@H]1O. The van der Waals surface area contributed by atoms with Crippen LogP contribution < -0.4 is 20.4 Å². The monoisotopic (exact) mass is 592 g/mol. The first-order chi connectivity index (χ1) is 19.4. The Balaban J connectivity index is 1.44. The summed E-state index contributed by atoms with van der Waals surface area (Å²) >= 11 is 0. The lowest BCUT2D eigenvalue weighted by Gasteiger charge is -2.24. The van der Waals surface area contributed by atoms with E-state index >= 15 is 0 Å². The van der Waals surface area contributed by atoms with E-state index in [1.165, 1.54) is 42.0 Å². The number of esters is 1. The van der Waals surface area contributed by atoms with E-state index in [0.29, 0.717) is 5.52 Å². The number of nitrogens with zero attached hydrogens (tertiary/aromatic N) is 4. The number of carbonyl (C=O) groups excluding carboxylic acids is 1. The van der Waals surface area contributed by atoms with Crippen molar-refractivity contribution in [1.82, 2.24) is 19.7 Å². The summed E-state index contributed by atoms with van der Waals surface area (Å²) in [6, 6.07) is 9.67. The molecule has 17 heteroatoms. The van der Waals surface area contributed by atoms with Crippen LogP contribution in [0, 0.1) is 11.3 Å². The minimum absolute atomic E-state index is 0.00756. The summed E-state index contributed by atoms with van der Waals surface area (Å²) in [7, 11) is -4.65. The predicted octanol–water partition coefficient (Wildman–Crippen LogP) is 0.570. The summed E-state index contributed by atoms with van der Waals surface area (Å²) in [6.45, 7) is 4.19. The van der Waals surface area contributed by atoms with Gasteiger partial charge in [-0.3, -0.25) is 4.79 Å². The van der Waals surface area contributed by atoms with Gasteiger partial charge in [0.1, 0.15) is 48.9 Å². The summed E-state index contributed by atoms with van der Waals surface area (Å²) in [5.41, 5.74) is 4.33. The van der Waals surface area contributed by atoms with Crippen molar-refractivity contribution in [1.29, 1.82) is 5.26 Å². The van der Waals surface area contributed by atoms with Crippen LogP contribution in [0.1, 0.15) is 26.5 Å². The maximum absolute atomic E-state index is 12.4. The lowest BCUT2D eigenvalue weighted by atomic mass is 9.92. The van der Waals surface area contributed by atoms with E-state index in [1.807, 2.05) is 6.07 Å². The van der Waals surface area contributed by atoms with Crippen molar-refractivity contribution in [2.45, 2.75) is 56.8 Å². The van der Waals surface area contributed by atoms with Gasteiger partial charge in [-0.1, -0.05) is 16.8 Å². The van der Waals surface area contributed by atoms with Crippen LogP contribution in [0.5, 0.6) is 11.5 Å². The molecule has 6 atom stereocenters. The number of anilines is 1.